The van der Waals surface area contributed by atoms with E-state index in [2.05, 4.69) is 15.9 Å². The third kappa shape index (κ3) is 2.48. The maximum absolute atomic E-state index is 11.8. The van der Waals surface area contributed by atoms with Crippen LogP contribution in [0.1, 0.15) is 6.42 Å². The van der Waals surface area contributed by atoms with E-state index in [9.17, 15) is 9.59 Å². The molecule has 1 aromatic carbocycles. The van der Waals surface area contributed by atoms with Crippen LogP contribution in [0.5, 0.6) is 0 Å². The van der Waals surface area contributed by atoms with Crippen molar-refractivity contribution in [2.75, 3.05) is 11.4 Å². The lowest BCUT2D eigenvalue weighted by atomic mass is 10.1. The van der Waals surface area contributed by atoms with Crippen molar-refractivity contribution < 1.29 is 14.7 Å². The van der Waals surface area contributed by atoms with Crippen molar-refractivity contribution in [1.29, 1.82) is 0 Å². The van der Waals surface area contributed by atoms with Gasteiger partial charge in [0.2, 0.25) is 5.91 Å². The minimum Gasteiger partial charge on any atom is -0.481 e. The van der Waals surface area contributed by atoms with Gasteiger partial charge >= 0.3 is 5.97 Å². The number of carbonyl (C=O) groups excluding carboxylic acids is 1. The third-order valence-electron chi connectivity index (χ3n) is 2.73. The lowest BCUT2D eigenvalue weighted by molar-refractivity contribution is -0.141. The summed E-state index contributed by atoms with van der Waals surface area (Å²) in [7, 11) is 0. The number of hydrogen-bond acceptors (Lipinski definition) is 2. The molecule has 4 nitrogen and oxygen atoms in total. The maximum Gasteiger partial charge on any atom is 0.308 e. The normalized spacial score (nSPS) is 19.4. The first kappa shape index (κ1) is 13.6. The Bertz CT molecular complexity index is 512. The topological polar surface area (TPSA) is 57.6 Å². The first-order valence-corrected chi connectivity index (χ1v) is 6.62. The highest BCUT2D eigenvalue weighted by Gasteiger charge is 2.36. The molecule has 1 atom stereocenters. The Labute approximate surface area is 122 Å². The van der Waals surface area contributed by atoms with E-state index in [0.717, 1.165) is 0 Å². The average Bonchev–Trinajstić information content (AvgIpc) is 2.59. The van der Waals surface area contributed by atoms with E-state index in [1.54, 1.807) is 6.07 Å². The molecule has 0 aromatic heterocycles. The van der Waals surface area contributed by atoms with Gasteiger partial charge in [-0.05, 0) is 28.1 Å². The van der Waals surface area contributed by atoms with Gasteiger partial charge in [-0.25, -0.2) is 0 Å². The molecule has 1 unspecified atom stereocenters. The van der Waals surface area contributed by atoms with Crippen LogP contribution in [0.25, 0.3) is 0 Å². The third-order valence-corrected chi connectivity index (χ3v) is 3.84. The molecule has 1 aliphatic heterocycles. The minimum atomic E-state index is -0.980. The fraction of sp³-hybridized carbons (Fsp3) is 0.273. The molecular formula is C11H8BrCl2NO3. The van der Waals surface area contributed by atoms with Gasteiger partial charge < -0.3 is 10.0 Å². The zero-order valence-electron chi connectivity index (χ0n) is 8.99. The standard InChI is InChI=1S/C11H8BrCl2NO3/c12-7-2-6(13)3-8(14)10(7)15-4-5(11(17)18)1-9(15)16/h2-3,5H,1,4H2,(H,17,18). The number of anilines is 1. The molecule has 96 valence electrons. The van der Waals surface area contributed by atoms with Gasteiger partial charge in [0.25, 0.3) is 0 Å². The number of carbonyl (C=O) groups is 2. The van der Waals surface area contributed by atoms with Crippen molar-refractivity contribution in [2.24, 2.45) is 5.92 Å². The fourth-order valence-corrected chi connectivity index (χ4v) is 3.40. The Kier molecular flexibility index (Phi) is 3.84. The molecule has 1 amide bonds. The van der Waals surface area contributed by atoms with Crippen molar-refractivity contribution in [1.82, 2.24) is 0 Å². The Morgan fingerprint density at radius 1 is 1.44 bits per heavy atom. The summed E-state index contributed by atoms with van der Waals surface area (Å²) >= 11 is 15.2. The first-order chi connectivity index (χ1) is 8.40. The van der Waals surface area contributed by atoms with Crippen molar-refractivity contribution in [3.63, 3.8) is 0 Å². The lowest BCUT2D eigenvalue weighted by Crippen LogP contribution is -2.26. The molecule has 1 aliphatic rings. The summed E-state index contributed by atoms with van der Waals surface area (Å²) in [4.78, 5) is 24.1. The smallest absolute Gasteiger partial charge is 0.308 e. The quantitative estimate of drug-likeness (QED) is 0.889. The van der Waals surface area contributed by atoms with Crippen LogP contribution < -0.4 is 4.90 Å². The van der Waals surface area contributed by atoms with E-state index in [4.69, 9.17) is 28.3 Å². The van der Waals surface area contributed by atoms with Crippen LogP contribution in [-0.4, -0.2) is 23.5 Å². The average molecular weight is 353 g/mol. The van der Waals surface area contributed by atoms with E-state index in [0.29, 0.717) is 20.2 Å². The number of rotatable bonds is 2. The molecule has 0 spiro atoms. The number of hydrogen-bond donors (Lipinski definition) is 1. The molecular weight excluding hydrogens is 345 g/mol. The molecule has 1 heterocycles. The summed E-state index contributed by atoms with van der Waals surface area (Å²) in [6, 6.07) is 3.13. The molecule has 0 saturated carbocycles. The van der Waals surface area contributed by atoms with Crippen LogP contribution >= 0.6 is 39.1 Å². The number of aliphatic carboxylic acids is 1. The number of carboxylic acids is 1. The Hall–Kier alpha value is -0.780. The number of halogens is 3. The molecule has 0 radical (unpaired) electrons. The first-order valence-electron chi connectivity index (χ1n) is 5.08. The molecule has 18 heavy (non-hydrogen) atoms. The summed E-state index contributed by atoms with van der Waals surface area (Å²) in [5, 5.41) is 9.69. The molecule has 1 N–H and O–H groups in total. The Morgan fingerprint density at radius 3 is 2.61 bits per heavy atom. The molecule has 1 aromatic rings. The fourth-order valence-electron chi connectivity index (χ4n) is 1.88. The summed E-state index contributed by atoms with van der Waals surface area (Å²) in [6.45, 7) is 0.119. The number of benzene rings is 1. The van der Waals surface area contributed by atoms with E-state index >= 15 is 0 Å². The van der Waals surface area contributed by atoms with E-state index in [1.165, 1.54) is 11.0 Å². The van der Waals surface area contributed by atoms with Gasteiger partial charge in [-0.15, -0.1) is 0 Å². The monoisotopic (exact) mass is 351 g/mol. The van der Waals surface area contributed by atoms with E-state index < -0.39 is 11.9 Å². The summed E-state index contributed by atoms with van der Waals surface area (Å²) < 4.78 is 0.569. The van der Waals surface area contributed by atoms with Crippen molar-refractivity contribution in [3.05, 3.63) is 26.7 Å². The van der Waals surface area contributed by atoms with Crippen LogP contribution in [-0.2, 0) is 9.59 Å². The molecule has 0 aliphatic carbocycles. The number of carboxylic acid groups (broad SMARTS) is 1. The van der Waals surface area contributed by atoms with Crippen LogP contribution in [0.2, 0.25) is 10.0 Å². The van der Waals surface area contributed by atoms with Crippen molar-refractivity contribution >= 4 is 56.7 Å². The summed E-state index contributed by atoms with van der Waals surface area (Å²) in [5.41, 5.74) is 0.467. The van der Waals surface area contributed by atoms with Crippen LogP contribution in [0.3, 0.4) is 0 Å². The predicted octanol–water partition coefficient (Wildman–Crippen LogP) is 3.19. The highest BCUT2D eigenvalue weighted by atomic mass is 79.9. The van der Waals surface area contributed by atoms with Gasteiger partial charge in [-0.3, -0.25) is 9.59 Å². The van der Waals surface area contributed by atoms with Crippen molar-refractivity contribution in [3.8, 4) is 0 Å². The second-order valence-electron chi connectivity index (χ2n) is 3.96. The molecule has 1 saturated heterocycles. The molecule has 1 fully saturated rings. The number of nitrogens with zero attached hydrogens (tertiary/aromatic N) is 1. The predicted molar refractivity (Wildman–Crippen MR) is 72.3 cm³/mol. The minimum absolute atomic E-state index is 0.0132. The lowest BCUT2D eigenvalue weighted by Gasteiger charge is -2.19. The molecule has 7 heteroatoms. The van der Waals surface area contributed by atoms with Crippen LogP contribution in [0, 0.1) is 5.92 Å². The van der Waals surface area contributed by atoms with Crippen LogP contribution in [0.15, 0.2) is 16.6 Å². The van der Waals surface area contributed by atoms with Gasteiger partial charge in [0.05, 0.1) is 16.6 Å². The summed E-state index contributed by atoms with van der Waals surface area (Å²) in [6.07, 6.45) is -0.0132. The van der Waals surface area contributed by atoms with Crippen LogP contribution in [0.4, 0.5) is 5.69 Å². The van der Waals surface area contributed by atoms with Gasteiger partial charge in [0, 0.05) is 22.5 Å². The second kappa shape index (κ2) is 5.07. The maximum atomic E-state index is 11.8. The number of amides is 1. The Balaban J connectivity index is 2.39. The zero-order valence-corrected chi connectivity index (χ0v) is 12.1. The molecule has 2 rings (SSSR count). The molecule has 0 bridgehead atoms. The van der Waals surface area contributed by atoms with E-state index in [1.807, 2.05) is 0 Å². The van der Waals surface area contributed by atoms with Gasteiger partial charge in [-0.2, -0.15) is 0 Å². The van der Waals surface area contributed by atoms with Gasteiger partial charge in [0.1, 0.15) is 0 Å². The van der Waals surface area contributed by atoms with E-state index in [-0.39, 0.29) is 18.9 Å². The Morgan fingerprint density at radius 2 is 2.11 bits per heavy atom. The van der Waals surface area contributed by atoms with Gasteiger partial charge in [0.15, 0.2) is 0 Å². The van der Waals surface area contributed by atoms with Crippen molar-refractivity contribution in [2.45, 2.75) is 6.42 Å². The largest absolute Gasteiger partial charge is 0.481 e. The highest BCUT2D eigenvalue weighted by Crippen LogP contribution is 2.39. The van der Waals surface area contributed by atoms with Gasteiger partial charge in [-0.1, -0.05) is 23.2 Å². The summed E-state index contributed by atoms with van der Waals surface area (Å²) in [5.74, 6) is -1.93. The second-order valence-corrected chi connectivity index (χ2v) is 5.66. The zero-order chi connectivity index (χ0) is 13.4. The highest BCUT2D eigenvalue weighted by molar-refractivity contribution is 9.10. The SMILES string of the molecule is O=C(O)C1CC(=O)N(c2c(Cl)cc(Cl)cc2Br)C1.